The molecule has 0 radical (unpaired) electrons. The predicted molar refractivity (Wildman–Crippen MR) is 82.2 cm³/mol. The maximum Gasteiger partial charge on any atom is 0.0753 e. The Morgan fingerprint density at radius 3 is 3.15 bits per heavy atom. The molecule has 2 atom stereocenters. The maximum absolute atomic E-state index is 5.10. The van der Waals surface area contributed by atoms with E-state index in [1.165, 1.54) is 18.5 Å². The summed E-state index contributed by atoms with van der Waals surface area (Å²) in [4.78, 5) is 2.47. The first-order valence-corrected chi connectivity index (χ1v) is 7.74. The summed E-state index contributed by atoms with van der Waals surface area (Å²) in [7, 11) is 1.72. The Morgan fingerprint density at radius 2 is 2.40 bits per heavy atom. The summed E-state index contributed by atoms with van der Waals surface area (Å²) in [6.07, 6.45) is 6.53. The van der Waals surface area contributed by atoms with Crippen LogP contribution < -0.4 is 10.2 Å². The molecule has 2 rings (SSSR count). The molecular formula is C15H28N4O. The highest BCUT2D eigenvalue weighted by Gasteiger charge is 2.22. The molecule has 0 bridgehead atoms. The number of hydrogen-bond acceptors (Lipinski definition) is 4. The van der Waals surface area contributed by atoms with Gasteiger partial charge < -0.3 is 15.0 Å². The van der Waals surface area contributed by atoms with Crippen molar-refractivity contribution in [2.75, 3.05) is 38.3 Å². The van der Waals surface area contributed by atoms with Crippen molar-refractivity contribution in [2.45, 2.75) is 39.3 Å². The molecule has 0 spiro atoms. The summed E-state index contributed by atoms with van der Waals surface area (Å²) in [5.41, 5.74) is 1.23. The van der Waals surface area contributed by atoms with Crippen LogP contribution in [0.3, 0.4) is 0 Å². The fraction of sp³-hybridized carbons (Fsp3) is 0.800. The Bertz CT molecular complexity index is 393. The third kappa shape index (κ3) is 3.96. The SMILES string of the molecule is CCC(C)C1CN(c2cnn(CCOC)c2)CCCN1. The third-order valence-corrected chi connectivity index (χ3v) is 4.27. The number of anilines is 1. The van der Waals surface area contributed by atoms with Crippen LogP contribution in [0, 0.1) is 5.92 Å². The summed E-state index contributed by atoms with van der Waals surface area (Å²) < 4.78 is 7.07. The van der Waals surface area contributed by atoms with Crippen molar-refractivity contribution >= 4 is 5.69 Å². The van der Waals surface area contributed by atoms with Gasteiger partial charge in [-0.05, 0) is 18.9 Å². The number of methoxy groups -OCH3 is 1. The van der Waals surface area contributed by atoms with Crippen LogP contribution in [0.1, 0.15) is 26.7 Å². The van der Waals surface area contributed by atoms with Crippen LogP contribution in [0.4, 0.5) is 5.69 Å². The van der Waals surface area contributed by atoms with Crippen LogP contribution in [0.25, 0.3) is 0 Å². The van der Waals surface area contributed by atoms with Gasteiger partial charge in [-0.1, -0.05) is 20.3 Å². The summed E-state index contributed by atoms with van der Waals surface area (Å²) in [6.45, 7) is 9.42. The summed E-state index contributed by atoms with van der Waals surface area (Å²) in [5.74, 6) is 0.708. The quantitative estimate of drug-likeness (QED) is 0.862. The van der Waals surface area contributed by atoms with Gasteiger partial charge in [0.1, 0.15) is 0 Å². The van der Waals surface area contributed by atoms with Crippen molar-refractivity contribution < 1.29 is 4.74 Å². The lowest BCUT2D eigenvalue weighted by molar-refractivity contribution is 0.183. The molecule has 1 aliphatic heterocycles. The van der Waals surface area contributed by atoms with Gasteiger partial charge in [0.15, 0.2) is 0 Å². The second kappa shape index (κ2) is 7.64. The van der Waals surface area contributed by atoms with Crippen LogP contribution in [-0.2, 0) is 11.3 Å². The third-order valence-electron chi connectivity index (χ3n) is 4.27. The van der Waals surface area contributed by atoms with Gasteiger partial charge in [-0.3, -0.25) is 4.68 Å². The molecule has 2 unspecified atom stereocenters. The van der Waals surface area contributed by atoms with Crippen molar-refractivity contribution in [2.24, 2.45) is 5.92 Å². The summed E-state index contributed by atoms with van der Waals surface area (Å²) in [6, 6.07) is 0.574. The van der Waals surface area contributed by atoms with Crippen LogP contribution in [0.2, 0.25) is 0 Å². The van der Waals surface area contributed by atoms with Crippen LogP contribution in [-0.4, -0.2) is 49.2 Å². The lowest BCUT2D eigenvalue weighted by Gasteiger charge is -2.28. The monoisotopic (exact) mass is 280 g/mol. The summed E-state index contributed by atoms with van der Waals surface area (Å²) >= 11 is 0. The van der Waals surface area contributed by atoms with E-state index in [0.29, 0.717) is 18.6 Å². The predicted octanol–water partition coefficient (Wildman–Crippen LogP) is 1.74. The molecule has 114 valence electrons. The number of nitrogens with zero attached hydrogens (tertiary/aromatic N) is 3. The van der Waals surface area contributed by atoms with Crippen molar-refractivity contribution in [3.05, 3.63) is 12.4 Å². The van der Waals surface area contributed by atoms with E-state index >= 15 is 0 Å². The zero-order valence-electron chi connectivity index (χ0n) is 13.0. The fourth-order valence-electron chi connectivity index (χ4n) is 2.67. The van der Waals surface area contributed by atoms with Gasteiger partial charge >= 0.3 is 0 Å². The minimum atomic E-state index is 0.574. The van der Waals surface area contributed by atoms with Gasteiger partial charge in [0.05, 0.1) is 25.0 Å². The average molecular weight is 280 g/mol. The molecule has 0 amide bonds. The summed E-state index contributed by atoms with van der Waals surface area (Å²) in [5, 5.41) is 8.11. The lowest BCUT2D eigenvalue weighted by Crippen LogP contribution is -2.42. The molecule has 5 heteroatoms. The smallest absolute Gasteiger partial charge is 0.0753 e. The van der Waals surface area contributed by atoms with E-state index in [4.69, 9.17) is 4.74 Å². The maximum atomic E-state index is 5.10. The molecule has 1 aromatic heterocycles. The highest BCUT2D eigenvalue weighted by atomic mass is 16.5. The number of hydrogen-bond donors (Lipinski definition) is 1. The van der Waals surface area contributed by atoms with Crippen LogP contribution in [0.5, 0.6) is 0 Å². The Hall–Kier alpha value is -1.07. The highest BCUT2D eigenvalue weighted by molar-refractivity contribution is 5.42. The van der Waals surface area contributed by atoms with Crippen molar-refractivity contribution in [3.63, 3.8) is 0 Å². The number of rotatable bonds is 6. The number of nitrogens with one attached hydrogen (secondary N) is 1. The minimum Gasteiger partial charge on any atom is -0.383 e. The molecular weight excluding hydrogens is 252 g/mol. The molecule has 1 fully saturated rings. The second-order valence-corrected chi connectivity index (χ2v) is 5.70. The van der Waals surface area contributed by atoms with E-state index in [0.717, 1.165) is 26.2 Å². The van der Waals surface area contributed by atoms with Gasteiger partial charge in [-0.2, -0.15) is 5.10 Å². The Morgan fingerprint density at radius 1 is 1.55 bits per heavy atom. The van der Waals surface area contributed by atoms with Crippen molar-refractivity contribution in [1.82, 2.24) is 15.1 Å². The second-order valence-electron chi connectivity index (χ2n) is 5.70. The highest BCUT2D eigenvalue weighted by Crippen LogP contribution is 2.19. The van der Waals surface area contributed by atoms with E-state index in [2.05, 4.69) is 35.4 Å². The number of aromatic nitrogens is 2. The number of ether oxygens (including phenoxy) is 1. The van der Waals surface area contributed by atoms with Gasteiger partial charge in [0.25, 0.3) is 0 Å². The van der Waals surface area contributed by atoms with Gasteiger partial charge in [-0.25, -0.2) is 0 Å². The van der Waals surface area contributed by atoms with Crippen LogP contribution in [0.15, 0.2) is 12.4 Å². The first-order chi connectivity index (χ1) is 9.74. The van der Waals surface area contributed by atoms with E-state index < -0.39 is 0 Å². The molecule has 1 saturated heterocycles. The van der Waals surface area contributed by atoms with E-state index in [9.17, 15) is 0 Å². The van der Waals surface area contributed by atoms with E-state index in [-0.39, 0.29) is 0 Å². The van der Waals surface area contributed by atoms with Gasteiger partial charge in [0.2, 0.25) is 0 Å². The zero-order valence-corrected chi connectivity index (χ0v) is 13.0. The molecule has 2 heterocycles. The fourth-order valence-corrected chi connectivity index (χ4v) is 2.67. The molecule has 5 nitrogen and oxygen atoms in total. The van der Waals surface area contributed by atoms with Crippen molar-refractivity contribution in [1.29, 1.82) is 0 Å². The Kier molecular flexibility index (Phi) is 5.86. The molecule has 1 aromatic rings. The van der Waals surface area contributed by atoms with Gasteiger partial charge in [0, 0.05) is 32.4 Å². The van der Waals surface area contributed by atoms with Crippen molar-refractivity contribution in [3.8, 4) is 0 Å². The molecule has 0 saturated carbocycles. The normalized spacial score (nSPS) is 21.8. The minimum absolute atomic E-state index is 0.574. The topological polar surface area (TPSA) is 42.3 Å². The largest absolute Gasteiger partial charge is 0.383 e. The van der Waals surface area contributed by atoms with E-state index in [1.54, 1.807) is 7.11 Å². The van der Waals surface area contributed by atoms with Gasteiger partial charge in [-0.15, -0.1) is 0 Å². The first kappa shape index (κ1) is 15.3. The molecule has 20 heavy (non-hydrogen) atoms. The zero-order chi connectivity index (χ0) is 14.4. The average Bonchev–Trinajstić information content (AvgIpc) is 2.80. The Balaban J connectivity index is 2.00. The molecule has 1 N–H and O–H groups in total. The molecule has 0 aliphatic carbocycles. The Labute approximate surface area is 122 Å². The first-order valence-electron chi connectivity index (χ1n) is 7.74. The standard InChI is InChI=1S/C15H28N4O/c1-4-13(2)15-12-18(7-5-6-16-15)14-10-17-19(11-14)8-9-20-3/h10-11,13,15-16H,4-9,12H2,1-3H3. The van der Waals surface area contributed by atoms with Crippen LogP contribution >= 0.6 is 0 Å². The molecule has 1 aliphatic rings. The lowest BCUT2D eigenvalue weighted by atomic mass is 9.99. The molecule has 0 aromatic carbocycles. The van der Waals surface area contributed by atoms with E-state index in [1.807, 2.05) is 10.9 Å².